The summed E-state index contributed by atoms with van der Waals surface area (Å²) in [6.45, 7) is 2.31. The van der Waals surface area contributed by atoms with Gasteiger partial charge in [-0.25, -0.2) is 0 Å². The Morgan fingerprint density at radius 3 is 2.53 bits per heavy atom. The summed E-state index contributed by atoms with van der Waals surface area (Å²) in [5.41, 5.74) is 8.09. The maximum atomic E-state index is 11.8. The van der Waals surface area contributed by atoms with Gasteiger partial charge in [-0.2, -0.15) is 0 Å². The number of nitrogens with zero attached hydrogens (tertiary/aromatic N) is 1. The Morgan fingerprint density at radius 1 is 1.47 bits per heavy atom. The van der Waals surface area contributed by atoms with Crippen molar-refractivity contribution < 1.29 is 4.79 Å². The number of hydrogen-bond acceptors (Lipinski definition) is 3. The number of anilines is 1. The number of carbonyl (C=O) groups excluding carboxylic acids is 1. The summed E-state index contributed by atoms with van der Waals surface area (Å²) >= 11 is 3.34. The molecule has 82 valence electrons. The SMILES string of the molecule is Cc1cc(C(=O)CN(C)C)cc(Br)c1N. The van der Waals surface area contributed by atoms with Gasteiger partial charge in [0.05, 0.1) is 6.54 Å². The van der Waals surface area contributed by atoms with Crippen LogP contribution in [0, 0.1) is 6.92 Å². The van der Waals surface area contributed by atoms with Crippen LogP contribution in [0.15, 0.2) is 16.6 Å². The Labute approximate surface area is 98.4 Å². The number of halogens is 1. The van der Waals surface area contributed by atoms with Crippen LogP contribution in [0.3, 0.4) is 0 Å². The summed E-state index contributed by atoms with van der Waals surface area (Å²) in [5, 5.41) is 0. The first kappa shape index (κ1) is 12.2. The fraction of sp³-hybridized carbons (Fsp3) is 0.364. The van der Waals surface area contributed by atoms with Crippen LogP contribution < -0.4 is 5.73 Å². The second-order valence-electron chi connectivity index (χ2n) is 3.85. The third-order valence-electron chi connectivity index (χ3n) is 2.12. The van der Waals surface area contributed by atoms with Gasteiger partial charge in [-0.15, -0.1) is 0 Å². The van der Waals surface area contributed by atoms with E-state index in [4.69, 9.17) is 5.73 Å². The largest absolute Gasteiger partial charge is 0.398 e. The minimum absolute atomic E-state index is 0.101. The summed E-state index contributed by atoms with van der Waals surface area (Å²) in [4.78, 5) is 13.6. The lowest BCUT2D eigenvalue weighted by Crippen LogP contribution is -2.21. The lowest BCUT2D eigenvalue weighted by atomic mass is 10.1. The van der Waals surface area contributed by atoms with Crippen LogP contribution in [-0.2, 0) is 0 Å². The number of hydrogen-bond donors (Lipinski definition) is 1. The Bertz CT molecular complexity index is 365. The van der Waals surface area contributed by atoms with E-state index < -0.39 is 0 Å². The lowest BCUT2D eigenvalue weighted by Gasteiger charge is -2.10. The summed E-state index contributed by atoms with van der Waals surface area (Å²) in [6, 6.07) is 3.60. The van der Waals surface area contributed by atoms with Crippen LogP contribution >= 0.6 is 15.9 Å². The van der Waals surface area contributed by atoms with E-state index in [0.29, 0.717) is 17.8 Å². The maximum absolute atomic E-state index is 11.8. The number of likely N-dealkylation sites (N-methyl/N-ethyl adjacent to an activating group) is 1. The van der Waals surface area contributed by atoms with Crippen LogP contribution in [-0.4, -0.2) is 31.3 Å². The van der Waals surface area contributed by atoms with Crippen molar-refractivity contribution in [3.05, 3.63) is 27.7 Å². The van der Waals surface area contributed by atoms with Gasteiger partial charge in [0.25, 0.3) is 0 Å². The summed E-state index contributed by atoms with van der Waals surface area (Å²) in [6.07, 6.45) is 0. The molecular weight excluding hydrogens is 256 g/mol. The molecule has 0 bridgehead atoms. The van der Waals surface area contributed by atoms with Crippen LogP contribution in [0.4, 0.5) is 5.69 Å². The fourth-order valence-corrected chi connectivity index (χ4v) is 1.85. The van der Waals surface area contributed by atoms with Gasteiger partial charge in [0.2, 0.25) is 0 Å². The Balaban J connectivity index is 3.01. The molecule has 2 N–H and O–H groups in total. The molecular formula is C11H15BrN2O. The highest BCUT2D eigenvalue weighted by Crippen LogP contribution is 2.25. The minimum Gasteiger partial charge on any atom is -0.398 e. The van der Waals surface area contributed by atoms with Gasteiger partial charge in [0, 0.05) is 15.7 Å². The number of Topliss-reactive ketones (excluding diaryl/α,β-unsaturated/α-hetero) is 1. The molecule has 3 nitrogen and oxygen atoms in total. The highest BCUT2D eigenvalue weighted by atomic mass is 79.9. The molecule has 4 heteroatoms. The normalized spacial score (nSPS) is 10.7. The van der Waals surface area contributed by atoms with Crippen LogP contribution in [0.25, 0.3) is 0 Å². The third kappa shape index (κ3) is 3.04. The number of benzene rings is 1. The van der Waals surface area contributed by atoms with E-state index in [9.17, 15) is 4.79 Å². The van der Waals surface area contributed by atoms with Crippen molar-refractivity contribution in [1.82, 2.24) is 4.90 Å². The number of rotatable bonds is 3. The first-order valence-corrected chi connectivity index (χ1v) is 5.44. The molecule has 0 radical (unpaired) electrons. The van der Waals surface area contributed by atoms with Crippen molar-refractivity contribution in [1.29, 1.82) is 0 Å². The molecule has 0 aliphatic carbocycles. The zero-order chi connectivity index (χ0) is 11.6. The third-order valence-corrected chi connectivity index (χ3v) is 2.77. The zero-order valence-corrected chi connectivity index (χ0v) is 10.8. The molecule has 0 unspecified atom stereocenters. The first-order chi connectivity index (χ1) is 6.91. The van der Waals surface area contributed by atoms with Gasteiger partial charge in [-0.1, -0.05) is 0 Å². The van der Waals surface area contributed by atoms with E-state index in [1.165, 1.54) is 0 Å². The van der Waals surface area contributed by atoms with E-state index in [2.05, 4.69) is 15.9 Å². The van der Waals surface area contributed by atoms with Crippen molar-refractivity contribution in [2.75, 3.05) is 26.4 Å². The Kier molecular flexibility index (Phi) is 3.88. The zero-order valence-electron chi connectivity index (χ0n) is 9.17. The molecule has 0 spiro atoms. The molecule has 0 amide bonds. The molecule has 1 aromatic rings. The van der Waals surface area contributed by atoms with Crippen molar-refractivity contribution in [3.63, 3.8) is 0 Å². The topological polar surface area (TPSA) is 46.3 Å². The molecule has 0 heterocycles. The van der Waals surface area contributed by atoms with E-state index in [-0.39, 0.29) is 5.78 Å². The summed E-state index contributed by atoms with van der Waals surface area (Å²) < 4.78 is 0.782. The second-order valence-corrected chi connectivity index (χ2v) is 4.70. The molecule has 0 saturated carbocycles. The maximum Gasteiger partial charge on any atom is 0.176 e. The first-order valence-electron chi connectivity index (χ1n) is 4.65. The van der Waals surface area contributed by atoms with Crippen molar-refractivity contribution >= 4 is 27.4 Å². The molecule has 1 aromatic carbocycles. The molecule has 0 fully saturated rings. The van der Waals surface area contributed by atoms with Gasteiger partial charge < -0.3 is 10.6 Å². The minimum atomic E-state index is 0.101. The second kappa shape index (κ2) is 4.77. The number of nitrogens with two attached hydrogens (primary N) is 1. The van der Waals surface area contributed by atoms with Gasteiger partial charge in [-0.05, 0) is 54.6 Å². The average Bonchev–Trinajstić information content (AvgIpc) is 2.12. The Hall–Kier alpha value is -0.870. The highest BCUT2D eigenvalue weighted by molar-refractivity contribution is 9.10. The van der Waals surface area contributed by atoms with Crippen LogP contribution in [0.5, 0.6) is 0 Å². The quantitative estimate of drug-likeness (QED) is 0.676. The van der Waals surface area contributed by atoms with E-state index >= 15 is 0 Å². The predicted molar refractivity (Wildman–Crippen MR) is 66.2 cm³/mol. The monoisotopic (exact) mass is 270 g/mol. The Morgan fingerprint density at radius 2 is 2.07 bits per heavy atom. The number of carbonyl (C=O) groups is 1. The summed E-state index contributed by atoms with van der Waals surface area (Å²) in [5.74, 6) is 0.101. The number of ketones is 1. The average molecular weight is 271 g/mol. The number of nitrogen functional groups attached to an aromatic ring is 1. The predicted octanol–water partition coefficient (Wildman–Crippen LogP) is 2.08. The summed E-state index contributed by atoms with van der Waals surface area (Å²) in [7, 11) is 3.74. The van der Waals surface area contributed by atoms with Crippen LogP contribution in [0.2, 0.25) is 0 Å². The standard InChI is InChI=1S/C11H15BrN2O/c1-7-4-8(5-9(12)11(7)13)10(15)6-14(2)3/h4-5H,6,13H2,1-3H3. The molecule has 0 aromatic heterocycles. The van der Waals surface area contributed by atoms with E-state index in [1.54, 1.807) is 6.07 Å². The van der Waals surface area contributed by atoms with Gasteiger partial charge >= 0.3 is 0 Å². The van der Waals surface area contributed by atoms with Crippen molar-refractivity contribution in [2.45, 2.75) is 6.92 Å². The molecule has 0 aliphatic heterocycles. The lowest BCUT2D eigenvalue weighted by molar-refractivity contribution is 0.0957. The fourth-order valence-electron chi connectivity index (χ4n) is 1.29. The molecule has 1 rings (SSSR count). The van der Waals surface area contributed by atoms with Crippen molar-refractivity contribution in [3.8, 4) is 0 Å². The van der Waals surface area contributed by atoms with Gasteiger partial charge in [0.1, 0.15) is 0 Å². The molecule has 0 atom stereocenters. The molecule has 0 saturated heterocycles. The molecule has 15 heavy (non-hydrogen) atoms. The van der Waals surface area contributed by atoms with Crippen molar-refractivity contribution in [2.24, 2.45) is 0 Å². The van der Waals surface area contributed by atoms with Gasteiger partial charge in [0.15, 0.2) is 5.78 Å². The van der Waals surface area contributed by atoms with E-state index in [0.717, 1.165) is 10.0 Å². The smallest absolute Gasteiger partial charge is 0.176 e. The molecule has 0 aliphatic rings. The van der Waals surface area contributed by atoms with E-state index in [1.807, 2.05) is 32.0 Å². The van der Waals surface area contributed by atoms with Crippen LogP contribution in [0.1, 0.15) is 15.9 Å². The number of aryl methyl sites for hydroxylation is 1. The van der Waals surface area contributed by atoms with Gasteiger partial charge in [-0.3, -0.25) is 4.79 Å². The highest BCUT2D eigenvalue weighted by Gasteiger charge is 2.10.